The van der Waals surface area contributed by atoms with Gasteiger partial charge in [0.15, 0.2) is 5.82 Å². The molecule has 2 heterocycles. The van der Waals surface area contributed by atoms with Crippen LogP contribution in [0.1, 0.15) is 0 Å². The monoisotopic (exact) mass is 239 g/mol. The molecule has 0 aliphatic carbocycles. The summed E-state index contributed by atoms with van der Waals surface area (Å²) in [5.74, 6) is 1.48. The maximum absolute atomic E-state index is 4.60. The number of para-hydroxylation sites is 1. The molecule has 1 N–H and O–H groups in total. The molecule has 0 unspecified atom stereocenters. The predicted octanol–water partition coefficient (Wildman–Crippen LogP) is 2.07. The Balaban J connectivity index is 2.16. The van der Waals surface area contributed by atoms with Gasteiger partial charge in [-0.1, -0.05) is 24.3 Å². The highest BCUT2D eigenvalue weighted by molar-refractivity contribution is 5.80. The lowest BCUT2D eigenvalue weighted by Crippen LogP contribution is -2.00. The Kier molecular flexibility index (Phi) is 2.44. The van der Waals surface area contributed by atoms with Crippen LogP contribution in [0.15, 0.2) is 36.4 Å². The van der Waals surface area contributed by atoms with Crippen LogP contribution in [0.25, 0.3) is 22.4 Å². The zero-order valence-corrected chi connectivity index (χ0v) is 10.3. The second kappa shape index (κ2) is 4.10. The molecule has 5 nitrogen and oxygen atoms in total. The van der Waals surface area contributed by atoms with Crippen LogP contribution in [-0.2, 0) is 7.05 Å². The van der Waals surface area contributed by atoms with E-state index in [1.54, 1.807) is 0 Å². The summed E-state index contributed by atoms with van der Waals surface area (Å²) >= 11 is 0. The number of hydrogen-bond donors (Lipinski definition) is 1. The highest BCUT2D eigenvalue weighted by Gasteiger charge is 2.10. The van der Waals surface area contributed by atoms with Crippen molar-refractivity contribution in [2.75, 3.05) is 12.4 Å². The number of pyridine rings is 1. The van der Waals surface area contributed by atoms with E-state index >= 15 is 0 Å². The SMILES string of the molecule is CNc1nnc(-c2ccc3ccccc3n2)n1C. The molecule has 90 valence electrons. The van der Waals surface area contributed by atoms with Crippen molar-refractivity contribution in [3.63, 3.8) is 0 Å². The summed E-state index contributed by atoms with van der Waals surface area (Å²) in [4.78, 5) is 4.60. The fourth-order valence-electron chi connectivity index (χ4n) is 1.96. The van der Waals surface area contributed by atoms with E-state index in [1.807, 2.05) is 55.1 Å². The summed E-state index contributed by atoms with van der Waals surface area (Å²) < 4.78 is 1.89. The van der Waals surface area contributed by atoms with Crippen molar-refractivity contribution in [3.05, 3.63) is 36.4 Å². The molecule has 3 rings (SSSR count). The second-order valence-corrected chi connectivity index (χ2v) is 4.05. The summed E-state index contributed by atoms with van der Waals surface area (Å²) in [6.45, 7) is 0. The molecule has 0 saturated heterocycles. The van der Waals surface area contributed by atoms with E-state index in [2.05, 4.69) is 20.5 Å². The normalized spacial score (nSPS) is 10.8. The van der Waals surface area contributed by atoms with Crippen LogP contribution in [0, 0.1) is 0 Å². The van der Waals surface area contributed by atoms with E-state index in [1.165, 1.54) is 0 Å². The number of benzene rings is 1. The lowest BCUT2D eigenvalue weighted by molar-refractivity contribution is 0.920. The van der Waals surface area contributed by atoms with E-state index in [0.717, 1.165) is 28.4 Å². The standard InChI is InChI=1S/C13H13N5/c1-14-13-17-16-12(18(13)2)11-8-7-9-5-3-4-6-10(9)15-11/h3-8H,1-2H3,(H,14,17). The van der Waals surface area contributed by atoms with Gasteiger partial charge >= 0.3 is 0 Å². The summed E-state index contributed by atoms with van der Waals surface area (Å²) in [6, 6.07) is 12.0. The molecule has 0 radical (unpaired) electrons. The summed E-state index contributed by atoms with van der Waals surface area (Å²) in [6.07, 6.45) is 0. The number of hydrogen-bond acceptors (Lipinski definition) is 4. The Morgan fingerprint density at radius 1 is 1.06 bits per heavy atom. The molecular formula is C13H13N5. The maximum Gasteiger partial charge on any atom is 0.224 e. The number of rotatable bonds is 2. The Bertz CT molecular complexity index is 701. The van der Waals surface area contributed by atoms with Gasteiger partial charge in [0.2, 0.25) is 5.95 Å². The molecule has 3 aromatic rings. The third-order valence-electron chi connectivity index (χ3n) is 2.93. The molecule has 0 saturated carbocycles. The van der Waals surface area contributed by atoms with E-state index in [-0.39, 0.29) is 0 Å². The van der Waals surface area contributed by atoms with Crippen molar-refractivity contribution in [1.82, 2.24) is 19.7 Å². The second-order valence-electron chi connectivity index (χ2n) is 4.05. The van der Waals surface area contributed by atoms with E-state index < -0.39 is 0 Å². The van der Waals surface area contributed by atoms with Crippen LogP contribution in [0.2, 0.25) is 0 Å². The first-order valence-electron chi connectivity index (χ1n) is 5.73. The van der Waals surface area contributed by atoms with Crippen molar-refractivity contribution in [1.29, 1.82) is 0 Å². The average molecular weight is 239 g/mol. The van der Waals surface area contributed by atoms with Crippen LogP contribution in [-0.4, -0.2) is 26.8 Å². The van der Waals surface area contributed by atoms with Gasteiger partial charge in [0.1, 0.15) is 5.69 Å². The molecule has 0 aliphatic heterocycles. The Hall–Kier alpha value is -2.43. The average Bonchev–Trinajstić information content (AvgIpc) is 2.79. The van der Waals surface area contributed by atoms with Gasteiger partial charge < -0.3 is 5.32 Å². The van der Waals surface area contributed by atoms with Crippen molar-refractivity contribution in [3.8, 4) is 11.5 Å². The lowest BCUT2D eigenvalue weighted by atomic mass is 10.2. The largest absolute Gasteiger partial charge is 0.357 e. The minimum atomic E-state index is 0.722. The fraction of sp³-hybridized carbons (Fsp3) is 0.154. The van der Waals surface area contributed by atoms with Gasteiger partial charge in [-0.15, -0.1) is 10.2 Å². The van der Waals surface area contributed by atoms with E-state index in [9.17, 15) is 0 Å². The quantitative estimate of drug-likeness (QED) is 0.743. The Morgan fingerprint density at radius 2 is 1.89 bits per heavy atom. The van der Waals surface area contributed by atoms with Gasteiger partial charge in [-0.3, -0.25) is 4.57 Å². The van der Waals surface area contributed by atoms with Gasteiger partial charge in [-0.05, 0) is 12.1 Å². The minimum Gasteiger partial charge on any atom is -0.357 e. The molecular weight excluding hydrogens is 226 g/mol. The van der Waals surface area contributed by atoms with E-state index in [4.69, 9.17) is 0 Å². The number of anilines is 1. The lowest BCUT2D eigenvalue weighted by Gasteiger charge is -2.03. The molecule has 0 aliphatic rings. The molecule has 18 heavy (non-hydrogen) atoms. The highest BCUT2D eigenvalue weighted by atomic mass is 15.3. The maximum atomic E-state index is 4.60. The summed E-state index contributed by atoms with van der Waals surface area (Å²) in [7, 11) is 3.74. The molecule has 0 amide bonds. The number of nitrogens with one attached hydrogen (secondary N) is 1. The van der Waals surface area contributed by atoms with Gasteiger partial charge in [0, 0.05) is 19.5 Å². The zero-order chi connectivity index (χ0) is 12.5. The van der Waals surface area contributed by atoms with Gasteiger partial charge in [-0.2, -0.15) is 0 Å². The molecule has 2 aromatic heterocycles. The van der Waals surface area contributed by atoms with Crippen molar-refractivity contribution < 1.29 is 0 Å². The van der Waals surface area contributed by atoms with Crippen molar-refractivity contribution >= 4 is 16.9 Å². The zero-order valence-electron chi connectivity index (χ0n) is 10.3. The topological polar surface area (TPSA) is 55.6 Å². The highest BCUT2D eigenvalue weighted by Crippen LogP contribution is 2.20. The van der Waals surface area contributed by atoms with Crippen molar-refractivity contribution in [2.45, 2.75) is 0 Å². The molecule has 5 heteroatoms. The molecule has 0 atom stereocenters. The Morgan fingerprint density at radius 3 is 2.67 bits per heavy atom. The third-order valence-corrected chi connectivity index (χ3v) is 2.93. The van der Waals surface area contributed by atoms with Crippen LogP contribution < -0.4 is 5.32 Å². The molecule has 0 spiro atoms. The summed E-state index contributed by atoms with van der Waals surface area (Å²) in [5, 5.41) is 12.3. The fourth-order valence-corrected chi connectivity index (χ4v) is 1.96. The van der Waals surface area contributed by atoms with E-state index in [0.29, 0.717) is 0 Å². The van der Waals surface area contributed by atoms with Gasteiger partial charge in [0.25, 0.3) is 0 Å². The number of aromatic nitrogens is 4. The molecule has 0 bridgehead atoms. The van der Waals surface area contributed by atoms with Crippen LogP contribution in [0.4, 0.5) is 5.95 Å². The third kappa shape index (κ3) is 1.60. The molecule has 1 aromatic carbocycles. The Labute approximate surface area is 104 Å². The summed E-state index contributed by atoms with van der Waals surface area (Å²) in [5.41, 5.74) is 1.79. The van der Waals surface area contributed by atoms with Gasteiger partial charge in [0.05, 0.1) is 5.52 Å². The van der Waals surface area contributed by atoms with Crippen LogP contribution >= 0.6 is 0 Å². The van der Waals surface area contributed by atoms with Gasteiger partial charge in [-0.25, -0.2) is 4.98 Å². The van der Waals surface area contributed by atoms with Crippen molar-refractivity contribution in [2.24, 2.45) is 7.05 Å². The van der Waals surface area contributed by atoms with Crippen LogP contribution in [0.5, 0.6) is 0 Å². The first kappa shape index (κ1) is 10.7. The number of fused-ring (bicyclic) bond motifs is 1. The number of nitrogens with zero attached hydrogens (tertiary/aromatic N) is 4. The minimum absolute atomic E-state index is 0.722. The van der Waals surface area contributed by atoms with Crippen LogP contribution in [0.3, 0.4) is 0 Å². The first-order chi connectivity index (χ1) is 8.79. The first-order valence-corrected chi connectivity index (χ1v) is 5.73. The smallest absolute Gasteiger partial charge is 0.224 e. The predicted molar refractivity (Wildman–Crippen MR) is 71.3 cm³/mol. The molecule has 0 fully saturated rings.